The lowest BCUT2D eigenvalue weighted by Gasteiger charge is -2.13. The third-order valence-corrected chi connectivity index (χ3v) is 3.65. The fourth-order valence-electron chi connectivity index (χ4n) is 2.46. The molecule has 0 unspecified atom stereocenters. The molecule has 0 bridgehead atoms. The van der Waals surface area contributed by atoms with E-state index < -0.39 is 4.92 Å². The van der Waals surface area contributed by atoms with E-state index in [9.17, 15) is 10.1 Å². The summed E-state index contributed by atoms with van der Waals surface area (Å²) in [5.74, 6) is 0.805. The van der Waals surface area contributed by atoms with Gasteiger partial charge in [0.05, 0.1) is 6.10 Å². The van der Waals surface area contributed by atoms with Crippen molar-refractivity contribution in [1.29, 1.82) is 0 Å². The third-order valence-electron chi connectivity index (χ3n) is 3.65. The van der Waals surface area contributed by atoms with Crippen LogP contribution in [0.25, 0.3) is 0 Å². The molecule has 1 aromatic carbocycles. The van der Waals surface area contributed by atoms with Crippen LogP contribution in [-0.2, 0) is 11.8 Å². The van der Waals surface area contributed by atoms with E-state index in [0.29, 0.717) is 23.9 Å². The number of ether oxygens (including phenoxy) is 2. The Hall–Kier alpha value is -2.61. The molecule has 0 saturated carbocycles. The predicted molar refractivity (Wildman–Crippen MR) is 84.1 cm³/mol. The lowest BCUT2D eigenvalue weighted by molar-refractivity contribution is -0.388. The largest absolute Gasteiger partial charge is 0.491 e. The second-order valence-electron chi connectivity index (χ2n) is 5.38. The number of hydrogen-bond acceptors (Lipinski definition) is 6. The fourth-order valence-corrected chi connectivity index (χ4v) is 2.46. The number of imidazole rings is 1. The summed E-state index contributed by atoms with van der Waals surface area (Å²) in [7, 11) is 1.69. The van der Waals surface area contributed by atoms with Crippen LogP contribution in [0, 0.1) is 10.1 Å². The molecule has 1 saturated heterocycles. The molecular formula is C15H18N4O4. The minimum Gasteiger partial charge on any atom is -0.491 e. The van der Waals surface area contributed by atoms with Crippen LogP contribution in [0.5, 0.6) is 5.75 Å². The molecule has 0 radical (unpaired) electrons. The molecule has 1 N–H and O–H groups in total. The lowest BCUT2D eigenvalue weighted by Crippen LogP contribution is -2.16. The third kappa shape index (κ3) is 3.59. The molecule has 8 nitrogen and oxygen atoms in total. The van der Waals surface area contributed by atoms with Gasteiger partial charge >= 0.3 is 5.82 Å². The quantitative estimate of drug-likeness (QED) is 0.650. The highest BCUT2D eigenvalue weighted by atomic mass is 16.6. The number of anilines is 2. The van der Waals surface area contributed by atoms with E-state index in [0.717, 1.165) is 19.4 Å². The standard InChI is InChI=1S/C15H18N4O4/c1-18-10-16-14(19(20)21)15(18)17-11-4-2-5-12(8-11)23-9-13-6-3-7-22-13/h2,4-5,8,10,13,17H,3,6-7,9H2,1H3/t13-/m1/s1. The van der Waals surface area contributed by atoms with Crippen molar-refractivity contribution in [2.45, 2.75) is 18.9 Å². The SMILES string of the molecule is Cn1cnc([N+](=O)[O-])c1Nc1cccc(OC[C@H]2CCCO2)c1. The van der Waals surface area contributed by atoms with Gasteiger partial charge in [0.1, 0.15) is 12.4 Å². The molecule has 0 spiro atoms. The van der Waals surface area contributed by atoms with E-state index in [1.54, 1.807) is 17.7 Å². The number of benzene rings is 1. The van der Waals surface area contributed by atoms with E-state index in [1.807, 2.05) is 18.2 Å². The molecule has 1 fully saturated rings. The van der Waals surface area contributed by atoms with Gasteiger partial charge in [0, 0.05) is 25.4 Å². The number of aryl methyl sites for hydroxylation is 1. The number of rotatable bonds is 6. The molecule has 122 valence electrons. The van der Waals surface area contributed by atoms with Crippen molar-refractivity contribution in [1.82, 2.24) is 9.55 Å². The summed E-state index contributed by atoms with van der Waals surface area (Å²) >= 11 is 0. The van der Waals surface area contributed by atoms with E-state index in [-0.39, 0.29) is 11.9 Å². The van der Waals surface area contributed by atoms with Crippen molar-refractivity contribution in [2.24, 2.45) is 7.05 Å². The average molecular weight is 318 g/mol. The summed E-state index contributed by atoms with van der Waals surface area (Å²) in [5.41, 5.74) is 0.696. The first-order valence-corrected chi connectivity index (χ1v) is 7.40. The van der Waals surface area contributed by atoms with Gasteiger partial charge in [-0.05, 0) is 34.9 Å². The number of nitrogens with zero attached hydrogens (tertiary/aromatic N) is 3. The molecule has 3 rings (SSSR count). The van der Waals surface area contributed by atoms with Crippen molar-refractivity contribution in [3.8, 4) is 5.75 Å². The summed E-state index contributed by atoms with van der Waals surface area (Å²) in [6.45, 7) is 1.30. The maximum Gasteiger partial charge on any atom is 0.406 e. The van der Waals surface area contributed by atoms with Crippen LogP contribution in [0.1, 0.15) is 12.8 Å². The summed E-state index contributed by atoms with van der Waals surface area (Å²) in [6.07, 6.45) is 3.63. The minimum atomic E-state index is -0.514. The van der Waals surface area contributed by atoms with Crippen LogP contribution >= 0.6 is 0 Å². The van der Waals surface area contributed by atoms with Crippen LogP contribution in [0.2, 0.25) is 0 Å². The van der Waals surface area contributed by atoms with Gasteiger partial charge in [0.15, 0.2) is 0 Å². The molecule has 1 aliphatic heterocycles. The van der Waals surface area contributed by atoms with Gasteiger partial charge in [0.2, 0.25) is 12.1 Å². The Morgan fingerprint density at radius 1 is 1.57 bits per heavy atom. The lowest BCUT2D eigenvalue weighted by atomic mass is 10.2. The fraction of sp³-hybridized carbons (Fsp3) is 0.400. The van der Waals surface area contributed by atoms with Crippen LogP contribution < -0.4 is 10.1 Å². The highest BCUT2D eigenvalue weighted by molar-refractivity contribution is 5.64. The van der Waals surface area contributed by atoms with Crippen LogP contribution in [0.3, 0.4) is 0 Å². The summed E-state index contributed by atoms with van der Waals surface area (Å²) in [6, 6.07) is 7.29. The van der Waals surface area contributed by atoms with Crippen molar-refractivity contribution >= 4 is 17.3 Å². The van der Waals surface area contributed by atoms with Crippen molar-refractivity contribution < 1.29 is 14.4 Å². The number of hydrogen-bond donors (Lipinski definition) is 1. The van der Waals surface area contributed by atoms with Crippen LogP contribution in [0.4, 0.5) is 17.3 Å². The smallest absolute Gasteiger partial charge is 0.406 e. The van der Waals surface area contributed by atoms with Gasteiger partial charge in [-0.2, -0.15) is 0 Å². The predicted octanol–water partition coefficient (Wildman–Crippen LogP) is 2.63. The molecule has 0 aliphatic carbocycles. The maximum atomic E-state index is 11.0. The molecule has 2 aromatic rings. The minimum absolute atomic E-state index is 0.143. The van der Waals surface area contributed by atoms with Gasteiger partial charge in [-0.3, -0.25) is 4.57 Å². The van der Waals surface area contributed by atoms with Gasteiger partial charge in [-0.25, -0.2) is 0 Å². The topological polar surface area (TPSA) is 91.5 Å². The highest BCUT2D eigenvalue weighted by Gasteiger charge is 2.20. The summed E-state index contributed by atoms with van der Waals surface area (Å²) in [4.78, 5) is 14.3. The zero-order chi connectivity index (χ0) is 16.2. The average Bonchev–Trinajstić information content (AvgIpc) is 3.16. The van der Waals surface area contributed by atoms with Gasteiger partial charge in [-0.1, -0.05) is 6.07 Å². The van der Waals surface area contributed by atoms with Crippen LogP contribution in [-0.4, -0.2) is 33.8 Å². The first-order chi connectivity index (χ1) is 11.1. The van der Waals surface area contributed by atoms with Crippen LogP contribution in [0.15, 0.2) is 30.6 Å². The molecular weight excluding hydrogens is 300 g/mol. The highest BCUT2D eigenvalue weighted by Crippen LogP contribution is 2.27. The van der Waals surface area contributed by atoms with E-state index in [4.69, 9.17) is 9.47 Å². The summed E-state index contributed by atoms with van der Waals surface area (Å²) in [5, 5.41) is 14.0. The zero-order valence-electron chi connectivity index (χ0n) is 12.8. The second kappa shape index (κ2) is 6.66. The van der Waals surface area contributed by atoms with Crippen molar-refractivity contribution in [3.05, 3.63) is 40.7 Å². The maximum absolute atomic E-state index is 11.0. The van der Waals surface area contributed by atoms with Gasteiger partial charge in [-0.15, -0.1) is 0 Å². The Morgan fingerprint density at radius 3 is 3.17 bits per heavy atom. The summed E-state index contributed by atoms with van der Waals surface area (Å²) < 4.78 is 12.8. The number of aromatic nitrogens is 2. The first-order valence-electron chi connectivity index (χ1n) is 7.40. The molecule has 23 heavy (non-hydrogen) atoms. The van der Waals surface area contributed by atoms with Crippen molar-refractivity contribution in [2.75, 3.05) is 18.5 Å². The molecule has 1 aromatic heterocycles. The number of nitro groups is 1. The zero-order valence-corrected chi connectivity index (χ0v) is 12.8. The molecule has 8 heteroatoms. The molecule has 1 aliphatic rings. The molecule has 2 heterocycles. The Kier molecular flexibility index (Phi) is 4.42. The first kappa shape index (κ1) is 15.3. The van der Waals surface area contributed by atoms with Crippen molar-refractivity contribution in [3.63, 3.8) is 0 Å². The Labute approximate surface area is 133 Å². The van der Waals surface area contributed by atoms with E-state index >= 15 is 0 Å². The second-order valence-corrected chi connectivity index (χ2v) is 5.38. The van der Waals surface area contributed by atoms with Gasteiger partial charge in [0.25, 0.3) is 0 Å². The molecule has 1 atom stereocenters. The Morgan fingerprint density at radius 2 is 2.43 bits per heavy atom. The number of nitrogens with one attached hydrogen (secondary N) is 1. The molecule has 0 amide bonds. The Balaban J connectivity index is 1.70. The van der Waals surface area contributed by atoms with E-state index in [1.165, 1.54) is 6.33 Å². The van der Waals surface area contributed by atoms with Gasteiger partial charge < -0.3 is 24.9 Å². The normalized spacial score (nSPS) is 17.2. The van der Waals surface area contributed by atoms with E-state index in [2.05, 4.69) is 10.3 Å². The monoisotopic (exact) mass is 318 g/mol. The Bertz CT molecular complexity index is 695.